The van der Waals surface area contributed by atoms with Gasteiger partial charge < -0.3 is 15.4 Å². The van der Waals surface area contributed by atoms with E-state index in [0.29, 0.717) is 31.4 Å². The van der Waals surface area contributed by atoms with E-state index in [2.05, 4.69) is 24.5 Å². The number of carbonyl (C=O) groups excluding carboxylic acids is 1. The maximum atomic E-state index is 12.1. The van der Waals surface area contributed by atoms with E-state index in [-0.39, 0.29) is 5.91 Å². The molecule has 2 rings (SSSR count). The molecule has 23 heavy (non-hydrogen) atoms. The molecule has 1 aromatic rings. The molecule has 1 aliphatic rings. The highest BCUT2D eigenvalue weighted by Crippen LogP contribution is 2.19. The molecule has 128 valence electrons. The van der Waals surface area contributed by atoms with Crippen LogP contribution < -0.4 is 15.4 Å². The second-order valence-corrected chi connectivity index (χ2v) is 6.82. The van der Waals surface area contributed by atoms with Gasteiger partial charge in [0.15, 0.2) is 0 Å². The number of nitrogens with one attached hydrogen (secondary N) is 2. The Kier molecular flexibility index (Phi) is 7.40. The van der Waals surface area contributed by atoms with Crippen molar-refractivity contribution in [2.45, 2.75) is 46.1 Å². The quantitative estimate of drug-likeness (QED) is 0.774. The Morgan fingerprint density at radius 2 is 2.04 bits per heavy atom. The Morgan fingerprint density at radius 1 is 1.30 bits per heavy atom. The lowest BCUT2D eigenvalue weighted by atomic mass is 9.93. The zero-order valence-electron chi connectivity index (χ0n) is 14.4. The van der Waals surface area contributed by atoms with Gasteiger partial charge in [0.1, 0.15) is 5.75 Å². The van der Waals surface area contributed by atoms with Crippen LogP contribution >= 0.6 is 0 Å². The van der Waals surface area contributed by atoms with Gasteiger partial charge >= 0.3 is 0 Å². The average Bonchev–Trinajstić information content (AvgIpc) is 2.58. The van der Waals surface area contributed by atoms with Crippen molar-refractivity contribution in [3.05, 3.63) is 29.8 Å². The number of benzene rings is 1. The number of rotatable bonds is 8. The Labute approximate surface area is 140 Å². The first-order valence-electron chi connectivity index (χ1n) is 8.83. The molecule has 0 saturated carbocycles. The Hall–Kier alpha value is -1.55. The van der Waals surface area contributed by atoms with E-state index in [1.165, 1.54) is 12.8 Å². The topological polar surface area (TPSA) is 50.4 Å². The molecule has 4 heteroatoms. The molecule has 2 N–H and O–H groups in total. The van der Waals surface area contributed by atoms with Crippen LogP contribution in [0.5, 0.6) is 5.75 Å². The van der Waals surface area contributed by atoms with E-state index in [0.717, 1.165) is 30.8 Å². The van der Waals surface area contributed by atoms with Crippen LogP contribution in [-0.4, -0.2) is 25.6 Å². The standard InChI is InChI=1S/C19H30N2O2/c1-15(2)14-23-18-6-4-3-5-17(18)13-21-19(22)8-7-16-9-11-20-12-10-16/h3-6,15-16,20H,7-14H2,1-2H3,(H,21,22). The third-order valence-electron chi connectivity index (χ3n) is 4.26. The second-order valence-electron chi connectivity index (χ2n) is 6.82. The molecule has 1 fully saturated rings. The largest absolute Gasteiger partial charge is 0.493 e. The molecular weight excluding hydrogens is 288 g/mol. The van der Waals surface area contributed by atoms with Gasteiger partial charge in [-0.1, -0.05) is 32.0 Å². The predicted octanol–water partition coefficient (Wildman–Crippen LogP) is 3.12. The summed E-state index contributed by atoms with van der Waals surface area (Å²) >= 11 is 0. The minimum Gasteiger partial charge on any atom is -0.493 e. The van der Waals surface area contributed by atoms with Gasteiger partial charge in [-0.25, -0.2) is 0 Å². The first kappa shape index (κ1) is 17.8. The van der Waals surface area contributed by atoms with E-state index in [4.69, 9.17) is 4.74 Å². The van der Waals surface area contributed by atoms with Gasteiger partial charge in [-0.2, -0.15) is 0 Å². The molecule has 0 aromatic heterocycles. The van der Waals surface area contributed by atoms with Crippen LogP contribution in [0.25, 0.3) is 0 Å². The zero-order chi connectivity index (χ0) is 16.5. The highest BCUT2D eigenvalue weighted by molar-refractivity contribution is 5.75. The van der Waals surface area contributed by atoms with Crippen LogP contribution in [0, 0.1) is 11.8 Å². The van der Waals surface area contributed by atoms with Gasteiger partial charge in [-0.15, -0.1) is 0 Å². The summed E-state index contributed by atoms with van der Waals surface area (Å²) in [5.41, 5.74) is 1.04. The number of carbonyl (C=O) groups is 1. The Bertz CT molecular complexity index is 482. The molecule has 0 unspecified atom stereocenters. The van der Waals surface area contributed by atoms with Crippen molar-refractivity contribution in [3.8, 4) is 5.75 Å². The fourth-order valence-corrected chi connectivity index (χ4v) is 2.83. The van der Waals surface area contributed by atoms with Gasteiger partial charge in [0.05, 0.1) is 6.61 Å². The van der Waals surface area contributed by atoms with Crippen molar-refractivity contribution < 1.29 is 9.53 Å². The molecule has 0 atom stereocenters. The van der Waals surface area contributed by atoms with Gasteiger partial charge in [-0.05, 0) is 50.3 Å². The lowest BCUT2D eigenvalue weighted by Crippen LogP contribution is -2.29. The molecule has 0 radical (unpaired) electrons. The normalized spacial score (nSPS) is 15.6. The molecule has 1 heterocycles. The number of ether oxygens (including phenoxy) is 1. The molecule has 4 nitrogen and oxygen atoms in total. The zero-order valence-corrected chi connectivity index (χ0v) is 14.4. The van der Waals surface area contributed by atoms with Crippen LogP contribution in [0.2, 0.25) is 0 Å². The van der Waals surface area contributed by atoms with E-state index in [9.17, 15) is 4.79 Å². The minimum absolute atomic E-state index is 0.141. The van der Waals surface area contributed by atoms with E-state index >= 15 is 0 Å². The van der Waals surface area contributed by atoms with Gasteiger partial charge in [0.25, 0.3) is 0 Å². The number of hydrogen-bond acceptors (Lipinski definition) is 3. The molecular formula is C19H30N2O2. The fourth-order valence-electron chi connectivity index (χ4n) is 2.83. The molecule has 1 aromatic carbocycles. The summed E-state index contributed by atoms with van der Waals surface area (Å²) in [6.07, 6.45) is 4.01. The van der Waals surface area contributed by atoms with Crippen molar-refractivity contribution in [2.24, 2.45) is 11.8 Å². The highest BCUT2D eigenvalue weighted by atomic mass is 16.5. The monoisotopic (exact) mass is 318 g/mol. The second kappa shape index (κ2) is 9.56. The molecule has 0 aliphatic carbocycles. The highest BCUT2D eigenvalue weighted by Gasteiger charge is 2.14. The van der Waals surface area contributed by atoms with E-state index < -0.39 is 0 Å². The minimum atomic E-state index is 0.141. The summed E-state index contributed by atoms with van der Waals surface area (Å²) in [5, 5.41) is 6.39. The van der Waals surface area contributed by atoms with Crippen molar-refractivity contribution in [3.63, 3.8) is 0 Å². The van der Waals surface area contributed by atoms with Gasteiger partial charge in [0, 0.05) is 18.5 Å². The molecule has 1 aliphatic heterocycles. The molecule has 1 saturated heterocycles. The summed E-state index contributed by atoms with van der Waals surface area (Å²) in [6, 6.07) is 7.94. The smallest absolute Gasteiger partial charge is 0.220 e. The number of piperidine rings is 1. The Morgan fingerprint density at radius 3 is 2.78 bits per heavy atom. The van der Waals surface area contributed by atoms with Crippen molar-refractivity contribution >= 4 is 5.91 Å². The predicted molar refractivity (Wildman–Crippen MR) is 93.4 cm³/mol. The van der Waals surface area contributed by atoms with Crippen LogP contribution in [0.3, 0.4) is 0 Å². The van der Waals surface area contributed by atoms with Gasteiger partial charge in [0.2, 0.25) is 5.91 Å². The molecule has 0 spiro atoms. The summed E-state index contributed by atoms with van der Waals surface area (Å²) < 4.78 is 5.83. The maximum absolute atomic E-state index is 12.1. The number of hydrogen-bond donors (Lipinski definition) is 2. The molecule has 0 bridgehead atoms. The average molecular weight is 318 g/mol. The SMILES string of the molecule is CC(C)COc1ccccc1CNC(=O)CCC1CCNCC1. The van der Waals surface area contributed by atoms with Crippen LogP contribution in [0.1, 0.15) is 45.1 Å². The van der Waals surface area contributed by atoms with E-state index in [1.54, 1.807) is 0 Å². The number of amides is 1. The number of para-hydroxylation sites is 1. The first-order chi connectivity index (χ1) is 11.1. The Balaban J connectivity index is 1.74. The van der Waals surface area contributed by atoms with Crippen LogP contribution in [0.15, 0.2) is 24.3 Å². The van der Waals surface area contributed by atoms with Crippen LogP contribution in [0.4, 0.5) is 0 Å². The van der Waals surface area contributed by atoms with Crippen molar-refractivity contribution in [1.82, 2.24) is 10.6 Å². The third kappa shape index (κ3) is 6.61. The molecule has 1 amide bonds. The summed E-state index contributed by atoms with van der Waals surface area (Å²) in [4.78, 5) is 12.1. The fraction of sp³-hybridized carbons (Fsp3) is 0.632. The van der Waals surface area contributed by atoms with Crippen molar-refractivity contribution in [1.29, 1.82) is 0 Å². The summed E-state index contributed by atoms with van der Waals surface area (Å²) in [7, 11) is 0. The van der Waals surface area contributed by atoms with Crippen molar-refractivity contribution in [2.75, 3.05) is 19.7 Å². The lowest BCUT2D eigenvalue weighted by molar-refractivity contribution is -0.121. The first-order valence-corrected chi connectivity index (χ1v) is 8.83. The lowest BCUT2D eigenvalue weighted by Gasteiger charge is -2.22. The van der Waals surface area contributed by atoms with Crippen LogP contribution in [-0.2, 0) is 11.3 Å². The van der Waals surface area contributed by atoms with Gasteiger partial charge in [-0.3, -0.25) is 4.79 Å². The third-order valence-corrected chi connectivity index (χ3v) is 4.26. The maximum Gasteiger partial charge on any atom is 0.220 e. The summed E-state index contributed by atoms with van der Waals surface area (Å²) in [6.45, 7) is 7.68. The van der Waals surface area contributed by atoms with E-state index in [1.807, 2.05) is 24.3 Å². The summed E-state index contributed by atoms with van der Waals surface area (Å²) in [5.74, 6) is 2.20.